The van der Waals surface area contributed by atoms with Gasteiger partial charge in [0, 0.05) is 6.07 Å². The first-order chi connectivity index (χ1) is 7.78. The second kappa shape index (κ2) is 5.28. The fourth-order valence-corrected chi connectivity index (χ4v) is 2.35. The van der Waals surface area contributed by atoms with Gasteiger partial charge in [0.25, 0.3) is 0 Å². The molecule has 0 aromatic carbocycles. The maximum Gasteiger partial charge on any atom is 0.216 e. The molecule has 1 aliphatic rings. The lowest BCUT2D eigenvalue weighted by atomic mass is 9.85. The van der Waals surface area contributed by atoms with Crippen molar-refractivity contribution in [2.75, 3.05) is 0 Å². The molecule has 0 N–H and O–H groups in total. The molecule has 0 amide bonds. The SMILES string of the molecule is CCC1CCCC(Oc2cccc(F)n2)C1. The van der Waals surface area contributed by atoms with Gasteiger partial charge in [-0.25, -0.2) is 0 Å². The summed E-state index contributed by atoms with van der Waals surface area (Å²) >= 11 is 0. The van der Waals surface area contributed by atoms with E-state index in [9.17, 15) is 4.39 Å². The van der Waals surface area contributed by atoms with Crippen molar-refractivity contribution in [2.24, 2.45) is 5.92 Å². The van der Waals surface area contributed by atoms with Crippen LogP contribution in [0.1, 0.15) is 39.0 Å². The Morgan fingerprint density at radius 1 is 1.44 bits per heavy atom. The van der Waals surface area contributed by atoms with Crippen molar-refractivity contribution in [3.8, 4) is 5.88 Å². The monoisotopic (exact) mass is 223 g/mol. The van der Waals surface area contributed by atoms with Crippen LogP contribution in [0.4, 0.5) is 4.39 Å². The zero-order valence-corrected chi connectivity index (χ0v) is 9.66. The van der Waals surface area contributed by atoms with Crippen molar-refractivity contribution in [1.82, 2.24) is 4.98 Å². The number of aromatic nitrogens is 1. The third-order valence-corrected chi connectivity index (χ3v) is 3.29. The van der Waals surface area contributed by atoms with Crippen molar-refractivity contribution in [2.45, 2.75) is 45.1 Å². The topological polar surface area (TPSA) is 22.1 Å². The molecule has 1 fully saturated rings. The first kappa shape index (κ1) is 11.4. The van der Waals surface area contributed by atoms with Crippen LogP contribution in [-0.4, -0.2) is 11.1 Å². The van der Waals surface area contributed by atoms with Gasteiger partial charge in [-0.05, 0) is 31.2 Å². The molecule has 0 spiro atoms. The van der Waals surface area contributed by atoms with Gasteiger partial charge in [-0.2, -0.15) is 9.37 Å². The van der Waals surface area contributed by atoms with Crippen LogP contribution in [0, 0.1) is 11.9 Å². The minimum Gasteiger partial charge on any atom is -0.474 e. The van der Waals surface area contributed by atoms with Crippen LogP contribution in [-0.2, 0) is 0 Å². The fourth-order valence-electron chi connectivity index (χ4n) is 2.35. The lowest BCUT2D eigenvalue weighted by molar-refractivity contribution is 0.116. The van der Waals surface area contributed by atoms with E-state index in [2.05, 4.69) is 11.9 Å². The van der Waals surface area contributed by atoms with Gasteiger partial charge in [0.15, 0.2) is 0 Å². The van der Waals surface area contributed by atoms with Crippen LogP contribution in [0.15, 0.2) is 18.2 Å². The smallest absolute Gasteiger partial charge is 0.216 e. The van der Waals surface area contributed by atoms with E-state index in [1.807, 2.05) is 0 Å². The number of hydrogen-bond acceptors (Lipinski definition) is 2. The summed E-state index contributed by atoms with van der Waals surface area (Å²) in [6.07, 6.45) is 6.07. The van der Waals surface area contributed by atoms with E-state index in [1.165, 1.54) is 25.3 Å². The molecule has 2 atom stereocenters. The summed E-state index contributed by atoms with van der Waals surface area (Å²) in [6.45, 7) is 2.22. The minimum absolute atomic E-state index is 0.216. The predicted octanol–water partition coefficient (Wildman–Crippen LogP) is 3.57. The fraction of sp³-hybridized carbons (Fsp3) is 0.615. The molecular weight excluding hydrogens is 205 g/mol. The van der Waals surface area contributed by atoms with Crippen molar-refractivity contribution in [1.29, 1.82) is 0 Å². The van der Waals surface area contributed by atoms with Gasteiger partial charge in [-0.3, -0.25) is 0 Å². The third kappa shape index (κ3) is 2.94. The average Bonchev–Trinajstić information content (AvgIpc) is 2.29. The lowest BCUT2D eigenvalue weighted by Crippen LogP contribution is -2.25. The Balaban J connectivity index is 1.94. The highest BCUT2D eigenvalue weighted by molar-refractivity contribution is 5.10. The zero-order valence-electron chi connectivity index (χ0n) is 9.66. The number of nitrogens with zero attached hydrogens (tertiary/aromatic N) is 1. The van der Waals surface area contributed by atoms with Gasteiger partial charge < -0.3 is 4.74 Å². The number of ether oxygens (including phenoxy) is 1. The second-order valence-electron chi connectivity index (χ2n) is 4.48. The molecule has 0 radical (unpaired) electrons. The summed E-state index contributed by atoms with van der Waals surface area (Å²) < 4.78 is 18.6. The molecule has 3 heteroatoms. The molecule has 0 saturated heterocycles. The highest BCUT2D eigenvalue weighted by Crippen LogP contribution is 2.28. The zero-order chi connectivity index (χ0) is 11.4. The molecule has 1 aromatic rings. The average molecular weight is 223 g/mol. The minimum atomic E-state index is -0.472. The third-order valence-electron chi connectivity index (χ3n) is 3.29. The number of pyridine rings is 1. The van der Waals surface area contributed by atoms with E-state index >= 15 is 0 Å². The molecule has 0 bridgehead atoms. The molecule has 88 valence electrons. The first-order valence-electron chi connectivity index (χ1n) is 6.07. The lowest BCUT2D eigenvalue weighted by Gasteiger charge is -2.28. The summed E-state index contributed by atoms with van der Waals surface area (Å²) in [5, 5.41) is 0. The number of hydrogen-bond donors (Lipinski definition) is 0. The maximum atomic E-state index is 12.9. The summed E-state index contributed by atoms with van der Waals surface area (Å²) in [5.41, 5.74) is 0. The van der Waals surface area contributed by atoms with Crippen LogP contribution in [0.3, 0.4) is 0 Å². The Bertz CT molecular complexity index is 342. The van der Waals surface area contributed by atoms with Gasteiger partial charge in [-0.15, -0.1) is 0 Å². The quantitative estimate of drug-likeness (QED) is 0.731. The Hall–Kier alpha value is -1.12. The maximum absolute atomic E-state index is 12.9. The van der Waals surface area contributed by atoms with Crippen molar-refractivity contribution in [3.05, 3.63) is 24.1 Å². The van der Waals surface area contributed by atoms with Crippen molar-refractivity contribution < 1.29 is 9.13 Å². The molecule has 1 aromatic heterocycles. The van der Waals surface area contributed by atoms with Gasteiger partial charge in [0.1, 0.15) is 6.10 Å². The van der Waals surface area contributed by atoms with Crippen molar-refractivity contribution in [3.63, 3.8) is 0 Å². The summed E-state index contributed by atoms with van der Waals surface area (Å²) in [4.78, 5) is 3.73. The molecule has 1 aliphatic carbocycles. The van der Waals surface area contributed by atoms with Gasteiger partial charge in [-0.1, -0.05) is 25.8 Å². The predicted molar refractivity (Wildman–Crippen MR) is 60.9 cm³/mol. The van der Waals surface area contributed by atoms with E-state index < -0.39 is 5.95 Å². The van der Waals surface area contributed by atoms with Crippen LogP contribution >= 0.6 is 0 Å². The molecule has 1 heterocycles. The van der Waals surface area contributed by atoms with Crippen LogP contribution in [0.25, 0.3) is 0 Å². The van der Waals surface area contributed by atoms with Crippen LogP contribution < -0.4 is 4.74 Å². The molecule has 1 saturated carbocycles. The van der Waals surface area contributed by atoms with Crippen LogP contribution in [0.2, 0.25) is 0 Å². The van der Waals surface area contributed by atoms with Gasteiger partial charge in [0.05, 0.1) is 0 Å². The number of rotatable bonds is 3. The van der Waals surface area contributed by atoms with Gasteiger partial charge >= 0.3 is 0 Å². The summed E-state index contributed by atoms with van der Waals surface area (Å²) in [5.74, 6) is 0.703. The Morgan fingerprint density at radius 3 is 3.06 bits per heavy atom. The van der Waals surface area contributed by atoms with Gasteiger partial charge in [0.2, 0.25) is 11.8 Å². The Labute approximate surface area is 95.8 Å². The molecule has 2 nitrogen and oxygen atoms in total. The highest BCUT2D eigenvalue weighted by Gasteiger charge is 2.22. The number of halogens is 1. The summed E-state index contributed by atoms with van der Waals surface area (Å²) in [7, 11) is 0. The first-order valence-corrected chi connectivity index (χ1v) is 6.07. The normalized spacial score (nSPS) is 25.4. The summed E-state index contributed by atoms with van der Waals surface area (Å²) in [6, 6.07) is 4.69. The van der Waals surface area contributed by atoms with E-state index in [0.717, 1.165) is 18.8 Å². The molecule has 2 rings (SSSR count). The van der Waals surface area contributed by atoms with E-state index in [-0.39, 0.29) is 6.10 Å². The molecule has 16 heavy (non-hydrogen) atoms. The molecule has 2 unspecified atom stereocenters. The Morgan fingerprint density at radius 2 is 2.31 bits per heavy atom. The molecule has 0 aliphatic heterocycles. The second-order valence-corrected chi connectivity index (χ2v) is 4.48. The standard InChI is InChI=1S/C13H18FNO/c1-2-10-5-3-6-11(9-10)16-13-8-4-7-12(14)15-13/h4,7-8,10-11H,2-3,5-6,9H2,1H3. The van der Waals surface area contributed by atoms with Crippen molar-refractivity contribution >= 4 is 0 Å². The molecular formula is C13H18FNO. The van der Waals surface area contributed by atoms with E-state index in [1.54, 1.807) is 12.1 Å². The highest BCUT2D eigenvalue weighted by atomic mass is 19.1. The van der Waals surface area contributed by atoms with E-state index in [0.29, 0.717) is 5.88 Å². The van der Waals surface area contributed by atoms with E-state index in [4.69, 9.17) is 4.74 Å². The largest absolute Gasteiger partial charge is 0.474 e. The van der Waals surface area contributed by atoms with Crippen LogP contribution in [0.5, 0.6) is 5.88 Å². The Kier molecular flexibility index (Phi) is 3.75.